The molecule has 0 aliphatic rings. The predicted octanol–water partition coefficient (Wildman–Crippen LogP) is 4.20. The summed E-state index contributed by atoms with van der Waals surface area (Å²) in [6, 6.07) is 12.0. The van der Waals surface area contributed by atoms with E-state index in [2.05, 4.69) is 23.7 Å². The number of benzene rings is 1. The van der Waals surface area contributed by atoms with Gasteiger partial charge in [0.1, 0.15) is 0 Å². The molecule has 0 saturated heterocycles. The first-order valence-electron chi connectivity index (χ1n) is 6.66. The number of hydrogen-bond donors (Lipinski definition) is 1. The Balaban J connectivity index is 0.000000861. The van der Waals surface area contributed by atoms with E-state index in [0.717, 1.165) is 12.1 Å². The summed E-state index contributed by atoms with van der Waals surface area (Å²) in [5, 5.41) is 0. The molecule has 1 unspecified atom stereocenters. The van der Waals surface area contributed by atoms with Gasteiger partial charge in [-0.2, -0.15) is 0 Å². The van der Waals surface area contributed by atoms with Gasteiger partial charge in [0.15, 0.2) is 0 Å². The smallest absolute Gasteiger partial charge is 0.0316 e. The summed E-state index contributed by atoms with van der Waals surface area (Å²) >= 11 is 0. The summed E-state index contributed by atoms with van der Waals surface area (Å²) in [5.41, 5.74) is 9.00. The summed E-state index contributed by atoms with van der Waals surface area (Å²) in [4.78, 5) is 4.12. The highest BCUT2D eigenvalue weighted by atomic mass is 14.6. The van der Waals surface area contributed by atoms with Gasteiger partial charge in [0.05, 0.1) is 0 Å². The first-order valence-corrected chi connectivity index (χ1v) is 6.66. The molecule has 0 bridgehead atoms. The highest BCUT2D eigenvalue weighted by molar-refractivity contribution is 5.43. The number of nitrogen functional groups attached to an aromatic ring is 1. The predicted molar refractivity (Wildman–Crippen MR) is 83.1 cm³/mol. The molecular weight excluding hydrogens is 232 g/mol. The number of hydrogen-bond acceptors (Lipinski definition) is 2. The Hall–Kier alpha value is -2.09. The molecule has 0 radical (unpaired) electrons. The Labute approximate surface area is 116 Å². The Morgan fingerprint density at radius 1 is 1.26 bits per heavy atom. The van der Waals surface area contributed by atoms with E-state index >= 15 is 0 Å². The lowest BCUT2D eigenvalue weighted by atomic mass is 9.92. The molecule has 0 fully saturated rings. The van der Waals surface area contributed by atoms with Crippen LogP contribution in [0.3, 0.4) is 0 Å². The second-order valence-electron chi connectivity index (χ2n) is 4.08. The maximum absolute atomic E-state index is 5.80. The SMILES string of the molecule is C=CC(Cc1cccnc1)c1cccc(N)c1.CC. The molecule has 19 heavy (non-hydrogen) atoms. The molecule has 0 saturated carbocycles. The third-order valence-corrected chi connectivity index (χ3v) is 2.80. The van der Waals surface area contributed by atoms with E-state index in [9.17, 15) is 0 Å². The number of rotatable bonds is 4. The van der Waals surface area contributed by atoms with Gasteiger partial charge >= 0.3 is 0 Å². The molecule has 1 heterocycles. The van der Waals surface area contributed by atoms with Gasteiger partial charge in [0, 0.05) is 24.0 Å². The highest BCUT2D eigenvalue weighted by Crippen LogP contribution is 2.23. The first-order chi connectivity index (χ1) is 9.29. The lowest BCUT2D eigenvalue weighted by Crippen LogP contribution is -2.01. The standard InChI is InChI=1S/C15H16N2.C2H6/c1-2-13(9-12-5-4-8-17-11-12)14-6-3-7-15(16)10-14;1-2/h2-8,10-11,13H,1,9,16H2;1-2H3. The quantitative estimate of drug-likeness (QED) is 0.656. The van der Waals surface area contributed by atoms with Gasteiger partial charge in [0.2, 0.25) is 0 Å². The van der Waals surface area contributed by atoms with E-state index in [-0.39, 0.29) is 5.92 Å². The van der Waals surface area contributed by atoms with Crippen LogP contribution < -0.4 is 5.73 Å². The van der Waals surface area contributed by atoms with Crippen molar-refractivity contribution in [2.24, 2.45) is 0 Å². The second-order valence-corrected chi connectivity index (χ2v) is 4.08. The Morgan fingerprint density at radius 3 is 2.63 bits per heavy atom. The Bertz CT molecular complexity index is 492. The molecule has 2 nitrogen and oxygen atoms in total. The Kier molecular flexibility index (Phi) is 6.37. The zero-order valence-electron chi connectivity index (χ0n) is 11.7. The van der Waals surface area contributed by atoms with Gasteiger partial charge in [0.25, 0.3) is 0 Å². The number of anilines is 1. The van der Waals surface area contributed by atoms with Crippen molar-refractivity contribution >= 4 is 5.69 Å². The van der Waals surface area contributed by atoms with E-state index in [1.165, 1.54) is 11.1 Å². The van der Waals surface area contributed by atoms with Crippen LogP contribution in [-0.4, -0.2) is 4.98 Å². The molecule has 2 N–H and O–H groups in total. The monoisotopic (exact) mass is 254 g/mol. The van der Waals surface area contributed by atoms with Gasteiger partial charge in [-0.05, 0) is 35.7 Å². The van der Waals surface area contributed by atoms with Crippen LogP contribution in [-0.2, 0) is 6.42 Å². The van der Waals surface area contributed by atoms with Crippen LogP contribution in [0.5, 0.6) is 0 Å². The normalized spacial score (nSPS) is 11.1. The molecule has 2 heteroatoms. The van der Waals surface area contributed by atoms with Gasteiger partial charge in [-0.25, -0.2) is 0 Å². The van der Waals surface area contributed by atoms with Crippen LogP contribution in [0.15, 0.2) is 61.4 Å². The molecular formula is C17H22N2. The van der Waals surface area contributed by atoms with E-state index in [1.54, 1.807) is 6.20 Å². The minimum atomic E-state index is 0.280. The molecule has 2 aromatic rings. The fraction of sp³-hybridized carbons (Fsp3) is 0.235. The Morgan fingerprint density at radius 2 is 2.05 bits per heavy atom. The molecule has 1 atom stereocenters. The van der Waals surface area contributed by atoms with Gasteiger partial charge in [-0.3, -0.25) is 4.98 Å². The fourth-order valence-corrected chi connectivity index (χ4v) is 1.90. The minimum absolute atomic E-state index is 0.280. The summed E-state index contributed by atoms with van der Waals surface area (Å²) in [5.74, 6) is 0.280. The van der Waals surface area contributed by atoms with Crippen molar-refractivity contribution in [3.05, 3.63) is 72.6 Å². The molecule has 0 amide bonds. The molecule has 2 rings (SSSR count). The number of allylic oxidation sites excluding steroid dienone is 1. The molecule has 1 aromatic carbocycles. The number of aromatic nitrogens is 1. The third-order valence-electron chi connectivity index (χ3n) is 2.80. The molecule has 1 aromatic heterocycles. The van der Waals surface area contributed by atoms with Gasteiger partial charge in [-0.15, -0.1) is 6.58 Å². The maximum Gasteiger partial charge on any atom is 0.0316 e. The van der Waals surface area contributed by atoms with Crippen molar-refractivity contribution in [3.8, 4) is 0 Å². The van der Waals surface area contributed by atoms with Crippen LogP contribution in [0.2, 0.25) is 0 Å². The van der Waals surface area contributed by atoms with Crippen LogP contribution in [0.4, 0.5) is 5.69 Å². The van der Waals surface area contributed by atoms with Crippen molar-refractivity contribution in [1.29, 1.82) is 0 Å². The number of nitrogens with zero attached hydrogens (tertiary/aromatic N) is 1. The van der Waals surface area contributed by atoms with E-state index in [0.29, 0.717) is 0 Å². The molecule has 100 valence electrons. The van der Waals surface area contributed by atoms with Crippen molar-refractivity contribution < 1.29 is 0 Å². The van der Waals surface area contributed by atoms with Crippen LogP contribution in [0, 0.1) is 0 Å². The average molecular weight is 254 g/mol. The second kappa shape index (κ2) is 8.09. The minimum Gasteiger partial charge on any atom is -0.399 e. The van der Waals surface area contributed by atoms with Gasteiger partial charge < -0.3 is 5.73 Å². The number of nitrogens with two attached hydrogens (primary N) is 1. The van der Waals surface area contributed by atoms with Crippen LogP contribution in [0.25, 0.3) is 0 Å². The van der Waals surface area contributed by atoms with E-state index in [1.807, 2.05) is 50.4 Å². The highest BCUT2D eigenvalue weighted by Gasteiger charge is 2.08. The summed E-state index contributed by atoms with van der Waals surface area (Å²) < 4.78 is 0. The van der Waals surface area contributed by atoms with Crippen LogP contribution in [0.1, 0.15) is 30.9 Å². The van der Waals surface area contributed by atoms with Crippen molar-refractivity contribution in [2.45, 2.75) is 26.2 Å². The molecule has 0 aliphatic heterocycles. The zero-order chi connectivity index (χ0) is 14.1. The molecule has 0 spiro atoms. The van der Waals surface area contributed by atoms with Crippen LogP contribution >= 0.6 is 0 Å². The summed E-state index contributed by atoms with van der Waals surface area (Å²) in [6.07, 6.45) is 6.54. The van der Waals surface area contributed by atoms with Crippen molar-refractivity contribution in [2.75, 3.05) is 5.73 Å². The third kappa shape index (κ3) is 4.59. The number of pyridine rings is 1. The zero-order valence-corrected chi connectivity index (χ0v) is 11.7. The van der Waals surface area contributed by atoms with E-state index in [4.69, 9.17) is 5.73 Å². The van der Waals surface area contributed by atoms with E-state index < -0.39 is 0 Å². The lowest BCUT2D eigenvalue weighted by molar-refractivity contribution is 0.834. The summed E-state index contributed by atoms with van der Waals surface area (Å²) in [6.45, 7) is 7.90. The van der Waals surface area contributed by atoms with Crippen molar-refractivity contribution in [1.82, 2.24) is 4.98 Å². The fourth-order valence-electron chi connectivity index (χ4n) is 1.90. The first kappa shape index (κ1) is 15.0. The maximum atomic E-state index is 5.80. The lowest BCUT2D eigenvalue weighted by Gasteiger charge is -2.13. The topological polar surface area (TPSA) is 38.9 Å². The summed E-state index contributed by atoms with van der Waals surface area (Å²) in [7, 11) is 0. The van der Waals surface area contributed by atoms with Crippen molar-refractivity contribution in [3.63, 3.8) is 0 Å². The average Bonchev–Trinajstić information content (AvgIpc) is 2.48. The largest absolute Gasteiger partial charge is 0.399 e. The van der Waals surface area contributed by atoms with Gasteiger partial charge in [-0.1, -0.05) is 38.1 Å². The molecule has 0 aliphatic carbocycles.